The van der Waals surface area contributed by atoms with Crippen LogP contribution in [0, 0.1) is 0 Å². The van der Waals surface area contributed by atoms with E-state index in [0.717, 1.165) is 10.9 Å². The van der Waals surface area contributed by atoms with Gasteiger partial charge in [-0.15, -0.1) is 11.8 Å². The van der Waals surface area contributed by atoms with Gasteiger partial charge in [0.15, 0.2) is 5.96 Å². The molecule has 1 fully saturated rings. The van der Waals surface area contributed by atoms with Crippen molar-refractivity contribution in [2.24, 2.45) is 16.5 Å². The summed E-state index contributed by atoms with van der Waals surface area (Å²) in [5.74, 6) is 0.109. The molecule has 1 saturated carbocycles. The van der Waals surface area contributed by atoms with Crippen LogP contribution in [0.15, 0.2) is 34.2 Å². The zero-order chi connectivity index (χ0) is 12.1. The van der Waals surface area contributed by atoms with Crippen molar-refractivity contribution in [2.45, 2.75) is 42.2 Å². The largest absolute Gasteiger partial charge is 0.370 e. The number of nitrogens with zero attached hydrogens (tertiary/aromatic N) is 1. The van der Waals surface area contributed by atoms with Crippen LogP contribution in [0.2, 0.25) is 0 Å². The van der Waals surface area contributed by atoms with Crippen LogP contribution in [-0.4, -0.2) is 11.2 Å². The highest BCUT2D eigenvalue weighted by atomic mass is 32.2. The Bertz CT molecular complexity index is 376. The van der Waals surface area contributed by atoms with Crippen molar-refractivity contribution in [1.82, 2.24) is 0 Å². The van der Waals surface area contributed by atoms with Crippen molar-refractivity contribution in [1.29, 1.82) is 0 Å². The first-order valence-corrected chi connectivity index (χ1v) is 6.98. The Morgan fingerprint density at radius 1 is 1.06 bits per heavy atom. The first-order chi connectivity index (χ1) is 8.24. The molecular formula is C13H19N3S. The van der Waals surface area contributed by atoms with Gasteiger partial charge in [0.25, 0.3) is 0 Å². The van der Waals surface area contributed by atoms with Gasteiger partial charge in [0, 0.05) is 10.1 Å². The van der Waals surface area contributed by atoms with E-state index >= 15 is 0 Å². The standard InChI is InChI=1S/C13H19N3S/c14-13(15)16-10-6-8-12(9-7-10)17-11-4-2-1-3-5-11/h6-9,11H,1-5H2,(H4,14,15,16). The highest BCUT2D eigenvalue weighted by molar-refractivity contribution is 8.00. The molecule has 0 saturated heterocycles. The van der Waals surface area contributed by atoms with Crippen LogP contribution in [0.25, 0.3) is 0 Å². The number of benzene rings is 1. The van der Waals surface area contributed by atoms with Crippen LogP contribution in [0.4, 0.5) is 5.69 Å². The minimum absolute atomic E-state index is 0.109. The van der Waals surface area contributed by atoms with E-state index in [2.05, 4.69) is 17.1 Å². The molecule has 0 aromatic heterocycles. The maximum atomic E-state index is 5.33. The summed E-state index contributed by atoms with van der Waals surface area (Å²) in [7, 11) is 0. The average molecular weight is 249 g/mol. The average Bonchev–Trinajstić information content (AvgIpc) is 2.32. The molecular weight excluding hydrogens is 230 g/mol. The topological polar surface area (TPSA) is 64.4 Å². The second-order valence-corrected chi connectivity index (χ2v) is 5.78. The molecule has 17 heavy (non-hydrogen) atoms. The van der Waals surface area contributed by atoms with Crippen molar-refractivity contribution in [2.75, 3.05) is 0 Å². The molecule has 1 aliphatic carbocycles. The van der Waals surface area contributed by atoms with Gasteiger partial charge in [-0.05, 0) is 37.1 Å². The molecule has 4 heteroatoms. The van der Waals surface area contributed by atoms with Crippen LogP contribution in [0.1, 0.15) is 32.1 Å². The second-order valence-electron chi connectivity index (χ2n) is 4.41. The summed E-state index contributed by atoms with van der Waals surface area (Å²) in [6.45, 7) is 0. The van der Waals surface area contributed by atoms with E-state index < -0.39 is 0 Å². The van der Waals surface area contributed by atoms with E-state index in [9.17, 15) is 0 Å². The van der Waals surface area contributed by atoms with Gasteiger partial charge in [-0.1, -0.05) is 19.3 Å². The van der Waals surface area contributed by atoms with Crippen LogP contribution < -0.4 is 11.5 Å². The van der Waals surface area contributed by atoms with Gasteiger partial charge in [0.1, 0.15) is 0 Å². The predicted octanol–water partition coefficient (Wildman–Crippen LogP) is 3.02. The van der Waals surface area contributed by atoms with Gasteiger partial charge in [-0.2, -0.15) is 0 Å². The number of thioether (sulfide) groups is 1. The van der Waals surface area contributed by atoms with Gasteiger partial charge in [0.2, 0.25) is 0 Å². The molecule has 0 aliphatic heterocycles. The molecule has 0 unspecified atom stereocenters. The molecule has 1 aromatic carbocycles. The van der Waals surface area contributed by atoms with Gasteiger partial charge in [-0.3, -0.25) is 0 Å². The molecule has 92 valence electrons. The maximum absolute atomic E-state index is 5.33. The second kappa shape index (κ2) is 5.96. The lowest BCUT2D eigenvalue weighted by atomic mass is 10.0. The predicted molar refractivity (Wildman–Crippen MR) is 74.6 cm³/mol. The third-order valence-corrected chi connectivity index (χ3v) is 4.30. The van der Waals surface area contributed by atoms with Crippen LogP contribution >= 0.6 is 11.8 Å². The normalized spacial score (nSPS) is 16.7. The number of rotatable bonds is 3. The van der Waals surface area contributed by atoms with Crippen molar-refractivity contribution in [3.63, 3.8) is 0 Å². The Labute approximate surface area is 107 Å². The molecule has 1 aliphatic rings. The molecule has 0 bridgehead atoms. The maximum Gasteiger partial charge on any atom is 0.191 e. The molecule has 0 amide bonds. The SMILES string of the molecule is NC(N)=Nc1ccc(SC2CCCCC2)cc1. The van der Waals surface area contributed by atoms with E-state index in [4.69, 9.17) is 11.5 Å². The molecule has 0 heterocycles. The first-order valence-electron chi connectivity index (χ1n) is 6.10. The number of guanidine groups is 1. The zero-order valence-electron chi connectivity index (χ0n) is 9.93. The van der Waals surface area contributed by atoms with E-state index in [1.807, 2.05) is 23.9 Å². The molecule has 3 nitrogen and oxygen atoms in total. The minimum Gasteiger partial charge on any atom is -0.370 e. The van der Waals surface area contributed by atoms with Gasteiger partial charge < -0.3 is 11.5 Å². The summed E-state index contributed by atoms with van der Waals surface area (Å²) in [4.78, 5) is 5.32. The van der Waals surface area contributed by atoms with Gasteiger partial charge in [0.05, 0.1) is 5.69 Å². The van der Waals surface area contributed by atoms with Gasteiger partial charge >= 0.3 is 0 Å². The molecule has 0 atom stereocenters. The Hall–Kier alpha value is -1.16. The lowest BCUT2D eigenvalue weighted by Crippen LogP contribution is -2.21. The summed E-state index contributed by atoms with van der Waals surface area (Å²) >= 11 is 1.98. The monoisotopic (exact) mass is 249 g/mol. The molecule has 0 spiro atoms. The molecule has 2 rings (SSSR count). The van der Waals surface area contributed by atoms with Crippen LogP contribution in [-0.2, 0) is 0 Å². The Morgan fingerprint density at radius 3 is 2.29 bits per heavy atom. The fraction of sp³-hybridized carbons (Fsp3) is 0.462. The smallest absolute Gasteiger partial charge is 0.191 e. The van der Waals surface area contributed by atoms with Crippen molar-refractivity contribution in [3.05, 3.63) is 24.3 Å². The van der Waals surface area contributed by atoms with Crippen molar-refractivity contribution in [3.8, 4) is 0 Å². The van der Waals surface area contributed by atoms with Crippen molar-refractivity contribution >= 4 is 23.4 Å². The molecule has 1 aromatic rings. The van der Waals surface area contributed by atoms with E-state index in [1.54, 1.807) is 0 Å². The highest BCUT2D eigenvalue weighted by Gasteiger charge is 2.14. The lowest BCUT2D eigenvalue weighted by Gasteiger charge is -2.20. The fourth-order valence-corrected chi connectivity index (χ4v) is 3.37. The van der Waals surface area contributed by atoms with Crippen LogP contribution in [0.3, 0.4) is 0 Å². The van der Waals surface area contributed by atoms with E-state index in [0.29, 0.717) is 0 Å². The number of aliphatic imine (C=N–C) groups is 1. The fourth-order valence-electron chi connectivity index (χ4n) is 2.12. The summed E-state index contributed by atoms with van der Waals surface area (Å²) in [6.07, 6.45) is 6.86. The van der Waals surface area contributed by atoms with Crippen LogP contribution in [0.5, 0.6) is 0 Å². The lowest BCUT2D eigenvalue weighted by molar-refractivity contribution is 0.516. The number of nitrogens with two attached hydrogens (primary N) is 2. The molecule has 0 radical (unpaired) electrons. The summed E-state index contributed by atoms with van der Waals surface area (Å²) < 4.78 is 0. The summed E-state index contributed by atoms with van der Waals surface area (Å²) in [6, 6.07) is 8.12. The Kier molecular flexibility index (Phi) is 4.31. The summed E-state index contributed by atoms with van der Waals surface area (Å²) in [5.41, 5.74) is 11.5. The van der Waals surface area contributed by atoms with Gasteiger partial charge in [-0.25, -0.2) is 4.99 Å². The Morgan fingerprint density at radius 2 is 1.71 bits per heavy atom. The quantitative estimate of drug-likeness (QED) is 0.639. The first kappa shape index (κ1) is 12.3. The highest BCUT2D eigenvalue weighted by Crippen LogP contribution is 2.34. The minimum atomic E-state index is 0.109. The molecule has 4 N–H and O–H groups in total. The summed E-state index contributed by atoms with van der Waals surface area (Å²) in [5, 5.41) is 0.790. The number of hydrogen-bond acceptors (Lipinski definition) is 2. The van der Waals surface area contributed by atoms with E-state index in [1.165, 1.54) is 37.0 Å². The third kappa shape index (κ3) is 3.97. The van der Waals surface area contributed by atoms with Crippen molar-refractivity contribution < 1.29 is 0 Å². The third-order valence-electron chi connectivity index (χ3n) is 2.95. The Balaban J connectivity index is 1.95. The van der Waals surface area contributed by atoms with E-state index in [-0.39, 0.29) is 5.96 Å². The zero-order valence-corrected chi connectivity index (χ0v) is 10.7. The number of hydrogen-bond donors (Lipinski definition) is 2.